The summed E-state index contributed by atoms with van der Waals surface area (Å²) >= 11 is 0. The number of allylic oxidation sites excluding steroid dienone is 3. The molecule has 1 spiro atoms. The van der Waals surface area contributed by atoms with Crippen LogP contribution in [0.1, 0.15) is 18.4 Å². The Balaban J connectivity index is 1.43. The van der Waals surface area contributed by atoms with Crippen molar-refractivity contribution in [1.29, 1.82) is 0 Å². The van der Waals surface area contributed by atoms with E-state index in [1.165, 1.54) is 12.1 Å². The summed E-state index contributed by atoms with van der Waals surface area (Å²) in [6.07, 6.45) is 14.8. The van der Waals surface area contributed by atoms with Crippen LogP contribution in [0.2, 0.25) is 0 Å². The van der Waals surface area contributed by atoms with Gasteiger partial charge in [-0.25, -0.2) is 14.4 Å². The van der Waals surface area contributed by atoms with Crippen molar-refractivity contribution in [3.63, 3.8) is 0 Å². The van der Waals surface area contributed by atoms with Crippen LogP contribution in [0.4, 0.5) is 15.9 Å². The Hall–Kier alpha value is -4.53. The average molecular weight is 495 g/mol. The Morgan fingerprint density at radius 2 is 1.89 bits per heavy atom. The fraction of sp³-hybridized carbons (Fsp3) is 0.214. The summed E-state index contributed by atoms with van der Waals surface area (Å²) < 4.78 is 15.6. The molecule has 2 aliphatic rings. The largest absolute Gasteiger partial charge is 0.400 e. The van der Waals surface area contributed by atoms with E-state index in [2.05, 4.69) is 25.5 Å². The van der Waals surface area contributed by atoms with Crippen molar-refractivity contribution in [2.45, 2.75) is 24.9 Å². The van der Waals surface area contributed by atoms with Gasteiger partial charge in [-0.3, -0.25) is 9.98 Å². The lowest BCUT2D eigenvalue weighted by atomic mass is 9.86. The fourth-order valence-electron chi connectivity index (χ4n) is 5.21. The summed E-state index contributed by atoms with van der Waals surface area (Å²) in [5.41, 5.74) is 18.1. The second-order valence-corrected chi connectivity index (χ2v) is 9.48. The molecule has 9 heteroatoms. The van der Waals surface area contributed by atoms with Crippen molar-refractivity contribution in [2.75, 3.05) is 23.7 Å². The highest BCUT2D eigenvalue weighted by atomic mass is 19.1. The first-order chi connectivity index (χ1) is 18.0. The van der Waals surface area contributed by atoms with Gasteiger partial charge in [0.2, 0.25) is 0 Å². The number of halogens is 1. The van der Waals surface area contributed by atoms with E-state index < -0.39 is 5.54 Å². The number of nitrogen functional groups attached to an aromatic ring is 1. The Bertz CT molecular complexity index is 1550. The van der Waals surface area contributed by atoms with Crippen LogP contribution in [0.3, 0.4) is 0 Å². The van der Waals surface area contributed by atoms with Crippen molar-refractivity contribution in [3.8, 4) is 11.3 Å². The predicted octanol–water partition coefficient (Wildman–Crippen LogP) is 4.09. The minimum atomic E-state index is -0.476. The smallest absolute Gasteiger partial charge is 0.151 e. The van der Waals surface area contributed by atoms with Crippen molar-refractivity contribution in [3.05, 3.63) is 90.4 Å². The molecule has 4 N–H and O–H groups in total. The zero-order chi connectivity index (χ0) is 25.4. The third kappa shape index (κ3) is 4.22. The van der Waals surface area contributed by atoms with Gasteiger partial charge < -0.3 is 20.9 Å². The molecule has 3 aromatic heterocycles. The van der Waals surface area contributed by atoms with E-state index in [0.717, 1.165) is 53.1 Å². The lowest BCUT2D eigenvalue weighted by Crippen LogP contribution is -2.50. The van der Waals surface area contributed by atoms with Crippen molar-refractivity contribution in [1.82, 2.24) is 19.5 Å². The van der Waals surface area contributed by atoms with Crippen LogP contribution in [-0.2, 0) is 6.54 Å². The summed E-state index contributed by atoms with van der Waals surface area (Å²) in [6, 6.07) is 10.4. The molecule has 0 amide bonds. The van der Waals surface area contributed by atoms with E-state index in [-0.39, 0.29) is 5.82 Å². The van der Waals surface area contributed by atoms with Gasteiger partial charge in [-0.1, -0.05) is 6.08 Å². The van der Waals surface area contributed by atoms with Gasteiger partial charge in [0.05, 0.1) is 36.0 Å². The van der Waals surface area contributed by atoms with Gasteiger partial charge in [0.25, 0.3) is 0 Å². The van der Waals surface area contributed by atoms with E-state index >= 15 is 0 Å². The molecule has 2 aliphatic heterocycles. The number of aliphatic imine (C=N–C) groups is 1. The summed E-state index contributed by atoms with van der Waals surface area (Å²) in [7, 11) is 0. The van der Waals surface area contributed by atoms with E-state index in [1.807, 2.05) is 36.7 Å². The van der Waals surface area contributed by atoms with E-state index in [1.54, 1.807) is 24.7 Å². The molecule has 37 heavy (non-hydrogen) atoms. The second-order valence-electron chi connectivity index (χ2n) is 9.48. The van der Waals surface area contributed by atoms with E-state index in [9.17, 15) is 4.39 Å². The lowest BCUT2D eigenvalue weighted by Gasteiger charge is -2.42. The molecule has 0 aliphatic carbocycles. The molecule has 1 aromatic carbocycles. The van der Waals surface area contributed by atoms with E-state index in [0.29, 0.717) is 24.4 Å². The number of fused-ring (bicyclic) bond motifs is 1. The molecule has 1 unspecified atom stereocenters. The standard InChI is InChI=1S/C28H27FN8/c29-21-7-5-19(6-8-21)22-14-20(16-37-18-34-26-23(37)9-12-32-27(26)31)24(15-33-22)36-13-3-10-28(17-36)25(30)4-1-2-11-35-28/h1-2,4-9,11-12,14-15,18H,3,10,13,16-17,30H2,(H2,31,32). The SMILES string of the molecule is NC1=CC=CC=NC12CCCN(c1cnc(-c3ccc(F)cc3)cc1Cn1cnc3c(N)nccc31)C2. The maximum atomic E-state index is 13.6. The number of anilines is 2. The van der Waals surface area contributed by atoms with Crippen LogP contribution in [-0.4, -0.2) is 44.4 Å². The Kier molecular flexibility index (Phi) is 5.67. The third-order valence-electron chi connectivity index (χ3n) is 7.16. The summed E-state index contributed by atoms with van der Waals surface area (Å²) in [6.45, 7) is 2.06. The van der Waals surface area contributed by atoms with Crippen LogP contribution in [0.25, 0.3) is 22.3 Å². The van der Waals surface area contributed by atoms with Gasteiger partial charge in [0, 0.05) is 36.8 Å². The molecule has 4 aromatic rings. The minimum Gasteiger partial charge on any atom is -0.400 e. The fourth-order valence-corrected chi connectivity index (χ4v) is 5.21. The molecule has 186 valence electrons. The molecule has 0 saturated carbocycles. The highest BCUT2D eigenvalue weighted by Crippen LogP contribution is 2.36. The van der Waals surface area contributed by atoms with Crippen LogP contribution in [0.5, 0.6) is 0 Å². The average Bonchev–Trinajstić information content (AvgIpc) is 3.24. The number of piperidine rings is 1. The zero-order valence-corrected chi connectivity index (χ0v) is 20.3. The van der Waals surface area contributed by atoms with E-state index in [4.69, 9.17) is 21.4 Å². The Labute approximate surface area is 213 Å². The topological polar surface area (TPSA) is 111 Å². The summed E-state index contributed by atoms with van der Waals surface area (Å²) in [5.74, 6) is 0.123. The molecular formula is C28H27FN8. The van der Waals surface area contributed by atoms with Gasteiger partial charge in [-0.2, -0.15) is 0 Å². The quantitative estimate of drug-likeness (QED) is 0.442. The van der Waals surface area contributed by atoms with Gasteiger partial charge in [-0.15, -0.1) is 0 Å². The third-order valence-corrected chi connectivity index (χ3v) is 7.16. The van der Waals surface area contributed by atoms with Crippen molar-refractivity contribution >= 4 is 28.8 Å². The molecule has 5 heterocycles. The molecule has 1 saturated heterocycles. The molecular weight excluding hydrogens is 467 g/mol. The van der Waals surface area contributed by atoms with Crippen molar-refractivity contribution < 1.29 is 4.39 Å². The molecule has 6 rings (SSSR count). The zero-order valence-electron chi connectivity index (χ0n) is 20.3. The molecule has 1 atom stereocenters. The lowest BCUT2D eigenvalue weighted by molar-refractivity contribution is 0.396. The Morgan fingerprint density at radius 1 is 1.03 bits per heavy atom. The number of pyridine rings is 2. The maximum Gasteiger partial charge on any atom is 0.151 e. The first-order valence-electron chi connectivity index (χ1n) is 12.3. The number of nitrogens with zero attached hydrogens (tertiary/aromatic N) is 6. The number of imidazole rings is 1. The highest BCUT2D eigenvalue weighted by Gasteiger charge is 2.38. The second kappa shape index (κ2) is 9.16. The maximum absolute atomic E-state index is 13.6. The first kappa shape index (κ1) is 22.9. The van der Waals surface area contributed by atoms with Gasteiger partial charge in [0.1, 0.15) is 16.9 Å². The monoisotopic (exact) mass is 494 g/mol. The first-order valence-corrected chi connectivity index (χ1v) is 12.3. The summed E-state index contributed by atoms with van der Waals surface area (Å²) in [5, 5.41) is 0. The minimum absolute atomic E-state index is 0.278. The highest BCUT2D eigenvalue weighted by molar-refractivity contribution is 5.84. The Morgan fingerprint density at radius 3 is 2.76 bits per heavy atom. The number of rotatable bonds is 4. The van der Waals surface area contributed by atoms with Crippen molar-refractivity contribution in [2.24, 2.45) is 10.7 Å². The number of aromatic nitrogens is 4. The molecule has 0 radical (unpaired) electrons. The molecule has 1 fully saturated rings. The van der Waals surface area contributed by atoms with Gasteiger partial charge in [-0.05, 0) is 67.0 Å². The normalized spacial score (nSPS) is 19.4. The van der Waals surface area contributed by atoms with Gasteiger partial charge >= 0.3 is 0 Å². The number of benzene rings is 1. The predicted molar refractivity (Wildman–Crippen MR) is 145 cm³/mol. The van der Waals surface area contributed by atoms with Crippen LogP contribution in [0.15, 0.2) is 84.0 Å². The number of hydrogen-bond donors (Lipinski definition) is 2. The van der Waals surface area contributed by atoms with Crippen LogP contribution in [0, 0.1) is 5.82 Å². The van der Waals surface area contributed by atoms with Crippen LogP contribution >= 0.6 is 0 Å². The number of nitrogens with two attached hydrogens (primary N) is 2. The van der Waals surface area contributed by atoms with Crippen LogP contribution < -0.4 is 16.4 Å². The summed E-state index contributed by atoms with van der Waals surface area (Å²) in [4.78, 5) is 20.6. The number of hydrogen-bond acceptors (Lipinski definition) is 7. The van der Waals surface area contributed by atoms with Gasteiger partial charge in [0.15, 0.2) is 5.82 Å². The molecule has 8 nitrogen and oxygen atoms in total. The molecule has 0 bridgehead atoms.